The van der Waals surface area contributed by atoms with Crippen molar-refractivity contribution in [3.8, 4) is 0 Å². The van der Waals surface area contributed by atoms with Crippen LogP contribution >= 0.6 is 11.3 Å². The monoisotopic (exact) mass is 281 g/mol. The number of aromatic nitrogens is 2. The van der Waals surface area contributed by atoms with Crippen LogP contribution in [0.5, 0.6) is 0 Å². The zero-order valence-corrected chi connectivity index (χ0v) is 12.4. The molecular formula is C14H23N3OS. The summed E-state index contributed by atoms with van der Waals surface area (Å²) < 4.78 is 5.00. The Balaban J connectivity index is 1.37. The molecule has 0 aromatic carbocycles. The number of fused-ring (bicyclic) bond motifs is 1. The van der Waals surface area contributed by atoms with Crippen molar-refractivity contribution in [3.05, 3.63) is 10.0 Å². The summed E-state index contributed by atoms with van der Waals surface area (Å²) >= 11 is 1.85. The number of aryl methyl sites for hydroxylation is 1. The Labute approximate surface area is 119 Å². The molecule has 2 aliphatic carbocycles. The van der Waals surface area contributed by atoms with Crippen LogP contribution in [0.15, 0.2) is 0 Å². The molecule has 2 aliphatic rings. The van der Waals surface area contributed by atoms with Crippen LogP contribution in [0.1, 0.15) is 41.6 Å². The lowest BCUT2D eigenvalue weighted by atomic mass is 10.1. The fourth-order valence-corrected chi connectivity index (χ4v) is 4.49. The van der Waals surface area contributed by atoms with Crippen LogP contribution in [0.3, 0.4) is 0 Å². The van der Waals surface area contributed by atoms with Crippen molar-refractivity contribution in [2.24, 2.45) is 11.8 Å². The van der Waals surface area contributed by atoms with Gasteiger partial charge in [0, 0.05) is 26.0 Å². The minimum absolute atomic E-state index is 0.778. The summed E-state index contributed by atoms with van der Waals surface area (Å²) in [6.07, 6.45) is 6.47. The number of hydrogen-bond donors (Lipinski definition) is 1. The molecular weight excluding hydrogens is 258 g/mol. The molecule has 0 amide bonds. The smallest absolute Gasteiger partial charge is 0.121 e. The van der Waals surface area contributed by atoms with E-state index in [0.29, 0.717) is 0 Å². The molecule has 0 saturated heterocycles. The van der Waals surface area contributed by atoms with Gasteiger partial charge in [0.2, 0.25) is 0 Å². The molecule has 106 valence electrons. The van der Waals surface area contributed by atoms with Gasteiger partial charge in [-0.2, -0.15) is 0 Å². The summed E-state index contributed by atoms with van der Waals surface area (Å²) in [5, 5.41) is 14.7. The summed E-state index contributed by atoms with van der Waals surface area (Å²) in [6.45, 7) is 2.75. The first kappa shape index (κ1) is 13.5. The van der Waals surface area contributed by atoms with Crippen LogP contribution in [0.2, 0.25) is 0 Å². The molecule has 19 heavy (non-hydrogen) atoms. The van der Waals surface area contributed by atoms with Gasteiger partial charge >= 0.3 is 0 Å². The third-order valence-electron chi connectivity index (χ3n) is 4.40. The largest absolute Gasteiger partial charge is 0.383 e. The molecule has 2 atom stereocenters. The Kier molecular flexibility index (Phi) is 4.45. The van der Waals surface area contributed by atoms with E-state index >= 15 is 0 Å². The number of rotatable bonds is 8. The van der Waals surface area contributed by atoms with Crippen molar-refractivity contribution in [2.75, 3.05) is 26.8 Å². The van der Waals surface area contributed by atoms with Gasteiger partial charge in [-0.3, -0.25) is 0 Å². The number of methoxy groups -OCH3 is 1. The average molecular weight is 281 g/mol. The molecule has 2 unspecified atom stereocenters. The number of nitrogens with one attached hydrogen (secondary N) is 1. The van der Waals surface area contributed by atoms with Gasteiger partial charge < -0.3 is 10.1 Å². The standard InChI is InChI=1S/C14H23N3OS/c1-18-9-8-15-7-3-6-12-16-17-14(19-12)13-10-4-2-5-11(10)13/h10-11,13,15H,2-9H2,1H3. The van der Waals surface area contributed by atoms with E-state index in [2.05, 4.69) is 15.5 Å². The Bertz CT molecular complexity index is 399. The van der Waals surface area contributed by atoms with Crippen molar-refractivity contribution < 1.29 is 4.74 Å². The highest BCUT2D eigenvalue weighted by Gasteiger charge is 2.54. The molecule has 3 rings (SSSR count). The third-order valence-corrected chi connectivity index (χ3v) is 5.49. The molecule has 0 aliphatic heterocycles. The van der Waals surface area contributed by atoms with Gasteiger partial charge in [-0.25, -0.2) is 0 Å². The second-order valence-corrected chi connectivity index (χ2v) is 6.76. The van der Waals surface area contributed by atoms with Crippen LogP contribution < -0.4 is 5.32 Å². The van der Waals surface area contributed by atoms with Gasteiger partial charge in [0.05, 0.1) is 6.61 Å². The number of hydrogen-bond acceptors (Lipinski definition) is 5. The predicted octanol–water partition coefficient (Wildman–Crippen LogP) is 2.22. The van der Waals surface area contributed by atoms with Gasteiger partial charge in [0.15, 0.2) is 0 Å². The molecule has 1 heterocycles. The van der Waals surface area contributed by atoms with E-state index in [4.69, 9.17) is 4.74 Å². The van der Waals surface area contributed by atoms with Crippen molar-refractivity contribution in [3.63, 3.8) is 0 Å². The van der Waals surface area contributed by atoms with E-state index < -0.39 is 0 Å². The summed E-state index contributed by atoms with van der Waals surface area (Å²) in [5.41, 5.74) is 0. The Morgan fingerprint density at radius 1 is 1.26 bits per heavy atom. The van der Waals surface area contributed by atoms with Crippen molar-refractivity contribution >= 4 is 11.3 Å². The van der Waals surface area contributed by atoms with Crippen LogP contribution in [0.4, 0.5) is 0 Å². The molecule has 5 heteroatoms. The van der Waals surface area contributed by atoms with Crippen molar-refractivity contribution in [1.29, 1.82) is 0 Å². The topological polar surface area (TPSA) is 47.0 Å². The summed E-state index contributed by atoms with van der Waals surface area (Å²) in [4.78, 5) is 0. The lowest BCUT2D eigenvalue weighted by molar-refractivity contribution is 0.199. The molecule has 0 radical (unpaired) electrons. The van der Waals surface area contributed by atoms with E-state index in [1.165, 1.54) is 29.3 Å². The average Bonchev–Trinajstić information content (AvgIpc) is 2.85. The Morgan fingerprint density at radius 3 is 2.89 bits per heavy atom. The summed E-state index contributed by atoms with van der Waals surface area (Å²) in [5.74, 6) is 2.69. The molecule has 2 saturated carbocycles. The molecule has 1 aromatic heterocycles. The highest BCUT2D eigenvalue weighted by Crippen LogP contribution is 2.63. The van der Waals surface area contributed by atoms with E-state index in [1.54, 1.807) is 7.11 Å². The van der Waals surface area contributed by atoms with E-state index in [-0.39, 0.29) is 0 Å². The van der Waals surface area contributed by atoms with Gasteiger partial charge in [0.25, 0.3) is 0 Å². The maximum Gasteiger partial charge on any atom is 0.121 e. The van der Waals surface area contributed by atoms with Gasteiger partial charge in [-0.05, 0) is 37.6 Å². The van der Waals surface area contributed by atoms with Gasteiger partial charge in [-0.1, -0.05) is 6.42 Å². The highest BCUT2D eigenvalue weighted by molar-refractivity contribution is 7.11. The summed E-state index contributed by atoms with van der Waals surface area (Å²) in [7, 11) is 1.73. The molecule has 0 spiro atoms. The fourth-order valence-electron chi connectivity index (χ4n) is 3.35. The Morgan fingerprint density at radius 2 is 2.11 bits per heavy atom. The van der Waals surface area contributed by atoms with Crippen LogP contribution in [-0.2, 0) is 11.2 Å². The zero-order chi connectivity index (χ0) is 13.1. The maximum absolute atomic E-state index is 5.00. The van der Waals surface area contributed by atoms with Gasteiger partial charge in [-0.15, -0.1) is 21.5 Å². The highest BCUT2D eigenvalue weighted by atomic mass is 32.1. The lowest BCUT2D eigenvalue weighted by Gasteiger charge is -2.01. The quantitative estimate of drug-likeness (QED) is 0.742. The molecule has 1 N–H and O–H groups in total. The van der Waals surface area contributed by atoms with E-state index in [1.807, 2.05) is 11.3 Å². The molecule has 4 nitrogen and oxygen atoms in total. The minimum atomic E-state index is 0.778. The normalized spacial score (nSPS) is 28.6. The minimum Gasteiger partial charge on any atom is -0.383 e. The van der Waals surface area contributed by atoms with E-state index in [9.17, 15) is 0 Å². The first-order chi connectivity index (χ1) is 9.40. The van der Waals surface area contributed by atoms with Crippen LogP contribution in [0.25, 0.3) is 0 Å². The first-order valence-corrected chi connectivity index (χ1v) is 8.23. The summed E-state index contributed by atoms with van der Waals surface area (Å²) in [6, 6.07) is 0. The fraction of sp³-hybridized carbons (Fsp3) is 0.857. The molecule has 1 aromatic rings. The van der Waals surface area contributed by atoms with Crippen LogP contribution in [0, 0.1) is 11.8 Å². The number of ether oxygens (including phenoxy) is 1. The zero-order valence-electron chi connectivity index (χ0n) is 11.6. The van der Waals surface area contributed by atoms with Crippen molar-refractivity contribution in [1.82, 2.24) is 15.5 Å². The van der Waals surface area contributed by atoms with Crippen LogP contribution in [-0.4, -0.2) is 37.0 Å². The second-order valence-electron chi connectivity index (χ2n) is 5.66. The maximum atomic E-state index is 5.00. The number of nitrogens with zero attached hydrogens (tertiary/aromatic N) is 2. The predicted molar refractivity (Wildman–Crippen MR) is 76.5 cm³/mol. The lowest BCUT2D eigenvalue weighted by Crippen LogP contribution is -2.20. The SMILES string of the molecule is COCCNCCCc1nnc(C2C3CCCC32)s1. The first-order valence-electron chi connectivity index (χ1n) is 7.42. The Hall–Kier alpha value is -0.520. The van der Waals surface area contributed by atoms with Crippen molar-refractivity contribution in [2.45, 2.75) is 38.0 Å². The third kappa shape index (κ3) is 3.15. The van der Waals surface area contributed by atoms with E-state index in [0.717, 1.165) is 50.3 Å². The van der Waals surface area contributed by atoms with Gasteiger partial charge in [0.1, 0.15) is 10.0 Å². The molecule has 2 fully saturated rings. The molecule has 0 bridgehead atoms. The second kappa shape index (κ2) is 6.29.